The average Bonchev–Trinajstić information content (AvgIpc) is 2.40. The second-order valence-electron chi connectivity index (χ2n) is 6.49. The minimum atomic E-state index is 0.944. The fourth-order valence-corrected chi connectivity index (χ4v) is 3.35. The van der Waals surface area contributed by atoms with E-state index in [1.54, 1.807) is 0 Å². The van der Waals surface area contributed by atoms with E-state index < -0.39 is 0 Å². The van der Waals surface area contributed by atoms with Gasteiger partial charge in [-0.2, -0.15) is 0 Å². The van der Waals surface area contributed by atoms with Gasteiger partial charge in [0.1, 0.15) is 0 Å². The lowest BCUT2D eigenvalue weighted by Gasteiger charge is -2.32. The molecule has 0 aromatic rings. The molecule has 0 aliphatic carbocycles. The number of nitrogens with zero attached hydrogens (tertiary/aromatic N) is 2. The molecular weight excluding hydrogens is 222 g/mol. The first-order chi connectivity index (χ1) is 8.74. The maximum atomic E-state index is 3.45. The third-order valence-corrected chi connectivity index (χ3v) is 4.79. The van der Waals surface area contributed by atoms with Crippen LogP contribution in [0.4, 0.5) is 0 Å². The van der Waals surface area contributed by atoms with Crippen LogP contribution in [0.2, 0.25) is 0 Å². The molecule has 0 aromatic carbocycles. The molecule has 0 atom stereocenters. The first kappa shape index (κ1) is 14.3. The van der Waals surface area contributed by atoms with Crippen molar-refractivity contribution in [2.75, 3.05) is 53.4 Å². The van der Waals surface area contributed by atoms with Crippen LogP contribution < -0.4 is 5.32 Å². The molecule has 0 aromatic heterocycles. The van der Waals surface area contributed by atoms with Crippen LogP contribution in [0.5, 0.6) is 0 Å². The molecule has 2 fully saturated rings. The van der Waals surface area contributed by atoms with Crippen LogP contribution in [-0.2, 0) is 0 Å². The summed E-state index contributed by atoms with van der Waals surface area (Å²) in [5.74, 6) is 1.92. The summed E-state index contributed by atoms with van der Waals surface area (Å²) in [6, 6.07) is 0. The largest absolute Gasteiger partial charge is 0.317 e. The summed E-state index contributed by atoms with van der Waals surface area (Å²) in [6.07, 6.45) is 6.98. The Hall–Kier alpha value is -0.120. The van der Waals surface area contributed by atoms with Gasteiger partial charge in [0.05, 0.1) is 0 Å². The molecule has 2 saturated heterocycles. The highest BCUT2D eigenvalue weighted by Gasteiger charge is 2.19. The van der Waals surface area contributed by atoms with Crippen LogP contribution in [0.3, 0.4) is 0 Å². The Morgan fingerprint density at radius 1 is 1.06 bits per heavy atom. The van der Waals surface area contributed by atoms with Gasteiger partial charge >= 0.3 is 0 Å². The zero-order valence-corrected chi connectivity index (χ0v) is 12.3. The van der Waals surface area contributed by atoms with E-state index in [1.807, 2.05) is 0 Å². The quantitative estimate of drug-likeness (QED) is 0.804. The van der Waals surface area contributed by atoms with Crippen molar-refractivity contribution < 1.29 is 0 Å². The second-order valence-corrected chi connectivity index (χ2v) is 6.49. The van der Waals surface area contributed by atoms with E-state index in [2.05, 4.69) is 29.2 Å². The number of piperidine rings is 2. The van der Waals surface area contributed by atoms with Crippen molar-refractivity contribution in [3.63, 3.8) is 0 Å². The molecule has 106 valence electrons. The van der Waals surface area contributed by atoms with Crippen LogP contribution >= 0.6 is 0 Å². The average molecular weight is 253 g/mol. The Morgan fingerprint density at radius 3 is 2.39 bits per heavy atom. The van der Waals surface area contributed by atoms with Gasteiger partial charge < -0.3 is 15.1 Å². The lowest BCUT2D eigenvalue weighted by atomic mass is 9.93. The highest BCUT2D eigenvalue weighted by molar-refractivity contribution is 4.74. The van der Waals surface area contributed by atoms with Gasteiger partial charge in [-0.1, -0.05) is 0 Å². The Bertz CT molecular complexity index is 218. The molecule has 0 spiro atoms. The summed E-state index contributed by atoms with van der Waals surface area (Å²) in [6.45, 7) is 7.70. The highest BCUT2D eigenvalue weighted by atomic mass is 15.1. The topological polar surface area (TPSA) is 18.5 Å². The molecule has 2 rings (SSSR count). The van der Waals surface area contributed by atoms with Crippen molar-refractivity contribution in [1.29, 1.82) is 0 Å². The lowest BCUT2D eigenvalue weighted by molar-refractivity contribution is 0.169. The van der Waals surface area contributed by atoms with Crippen molar-refractivity contribution in [3.8, 4) is 0 Å². The van der Waals surface area contributed by atoms with Crippen molar-refractivity contribution in [3.05, 3.63) is 0 Å². The predicted molar refractivity (Wildman–Crippen MR) is 77.9 cm³/mol. The minimum absolute atomic E-state index is 0.944. The molecule has 2 aliphatic rings. The van der Waals surface area contributed by atoms with Crippen LogP contribution in [0, 0.1) is 11.8 Å². The van der Waals surface area contributed by atoms with Crippen LogP contribution in [-0.4, -0.2) is 63.2 Å². The maximum Gasteiger partial charge on any atom is 0.000756 e. The SMILES string of the molecule is CN1CCC(CN(C)CCC2CCNCC2)CC1. The molecule has 2 aliphatic heterocycles. The Kier molecular flexibility index (Phi) is 5.93. The third-order valence-electron chi connectivity index (χ3n) is 4.79. The third kappa shape index (κ3) is 4.87. The molecule has 0 radical (unpaired) electrons. The molecule has 0 saturated carbocycles. The van der Waals surface area contributed by atoms with E-state index in [-0.39, 0.29) is 0 Å². The molecule has 3 nitrogen and oxygen atoms in total. The standard InChI is InChI=1S/C15H31N3/c1-17-10-6-15(7-11-17)13-18(2)12-5-14-3-8-16-9-4-14/h14-16H,3-13H2,1-2H3. The van der Waals surface area contributed by atoms with Gasteiger partial charge in [-0.3, -0.25) is 0 Å². The molecule has 18 heavy (non-hydrogen) atoms. The Labute approximate surface area is 113 Å². The molecule has 0 amide bonds. The first-order valence-corrected chi connectivity index (χ1v) is 7.82. The minimum Gasteiger partial charge on any atom is -0.317 e. The number of likely N-dealkylation sites (tertiary alicyclic amines) is 1. The van der Waals surface area contributed by atoms with E-state index >= 15 is 0 Å². The fourth-order valence-electron chi connectivity index (χ4n) is 3.35. The van der Waals surface area contributed by atoms with Gasteiger partial charge in [0.25, 0.3) is 0 Å². The summed E-state index contributed by atoms with van der Waals surface area (Å²) in [4.78, 5) is 5.05. The molecule has 1 N–H and O–H groups in total. The van der Waals surface area contributed by atoms with Gasteiger partial charge in [0.2, 0.25) is 0 Å². The van der Waals surface area contributed by atoms with E-state index in [0.29, 0.717) is 0 Å². The van der Waals surface area contributed by atoms with Gasteiger partial charge in [0, 0.05) is 6.54 Å². The van der Waals surface area contributed by atoms with Crippen molar-refractivity contribution in [2.45, 2.75) is 32.1 Å². The first-order valence-electron chi connectivity index (χ1n) is 7.82. The normalized spacial score (nSPS) is 24.8. The number of hydrogen-bond acceptors (Lipinski definition) is 3. The van der Waals surface area contributed by atoms with Crippen LogP contribution in [0.25, 0.3) is 0 Å². The molecule has 0 bridgehead atoms. The molecule has 3 heteroatoms. The zero-order valence-electron chi connectivity index (χ0n) is 12.3. The lowest BCUT2D eigenvalue weighted by Crippen LogP contribution is -2.36. The fraction of sp³-hybridized carbons (Fsp3) is 1.00. The number of rotatable bonds is 5. The van der Waals surface area contributed by atoms with E-state index in [0.717, 1.165) is 11.8 Å². The summed E-state index contributed by atoms with van der Waals surface area (Å²) in [7, 11) is 4.57. The van der Waals surface area contributed by atoms with Gasteiger partial charge in [0.15, 0.2) is 0 Å². The van der Waals surface area contributed by atoms with Gasteiger partial charge in [-0.25, -0.2) is 0 Å². The monoisotopic (exact) mass is 253 g/mol. The van der Waals surface area contributed by atoms with Crippen molar-refractivity contribution >= 4 is 0 Å². The summed E-state index contributed by atoms with van der Waals surface area (Å²) in [5, 5.41) is 3.45. The Morgan fingerprint density at radius 2 is 1.72 bits per heavy atom. The summed E-state index contributed by atoms with van der Waals surface area (Å²) >= 11 is 0. The second kappa shape index (κ2) is 7.46. The Balaban J connectivity index is 1.58. The van der Waals surface area contributed by atoms with E-state index in [1.165, 1.54) is 71.4 Å². The number of nitrogens with one attached hydrogen (secondary N) is 1. The summed E-state index contributed by atoms with van der Waals surface area (Å²) in [5.41, 5.74) is 0. The highest BCUT2D eigenvalue weighted by Crippen LogP contribution is 2.19. The summed E-state index contributed by atoms with van der Waals surface area (Å²) < 4.78 is 0. The molecular formula is C15H31N3. The predicted octanol–water partition coefficient (Wildman–Crippen LogP) is 1.65. The molecule has 0 unspecified atom stereocenters. The van der Waals surface area contributed by atoms with E-state index in [9.17, 15) is 0 Å². The zero-order chi connectivity index (χ0) is 12.8. The van der Waals surface area contributed by atoms with Crippen molar-refractivity contribution in [1.82, 2.24) is 15.1 Å². The van der Waals surface area contributed by atoms with Crippen LogP contribution in [0.15, 0.2) is 0 Å². The van der Waals surface area contributed by atoms with Gasteiger partial charge in [-0.15, -0.1) is 0 Å². The van der Waals surface area contributed by atoms with E-state index in [4.69, 9.17) is 0 Å². The van der Waals surface area contributed by atoms with Gasteiger partial charge in [-0.05, 0) is 90.8 Å². The van der Waals surface area contributed by atoms with Crippen molar-refractivity contribution in [2.24, 2.45) is 11.8 Å². The smallest absolute Gasteiger partial charge is 0.000756 e. The number of hydrogen-bond donors (Lipinski definition) is 1. The maximum absolute atomic E-state index is 3.45. The molecule has 2 heterocycles. The van der Waals surface area contributed by atoms with Crippen LogP contribution in [0.1, 0.15) is 32.1 Å².